The summed E-state index contributed by atoms with van der Waals surface area (Å²) >= 11 is 0. The predicted molar refractivity (Wildman–Crippen MR) is 133 cm³/mol. The molecule has 4 aromatic rings. The summed E-state index contributed by atoms with van der Waals surface area (Å²) < 4.78 is 5.84. The Balaban J connectivity index is 1.42. The minimum Gasteiger partial charge on any atom is -0.489 e. The fourth-order valence-corrected chi connectivity index (χ4v) is 3.80. The second-order valence-electron chi connectivity index (χ2n) is 7.81. The smallest absolute Gasteiger partial charge is 0.283 e. The zero-order valence-corrected chi connectivity index (χ0v) is 18.4. The topological polar surface area (TPSA) is 49.9 Å². The van der Waals surface area contributed by atoms with Crippen LogP contribution in [-0.2, 0) is 16.2 Å². The van der Waals surface area contributed by atoms with E-state index in [1.54, 1.807) is 6.08 Å². The van der Waals surface area contributed by atoms with Crippen molar-refractivity contribution in [3.05, 3.63) is 132 Å². The number of hydrogen-bond acceptors (Lipinski definition) is 3. The van der Waals surface area contributed by atoms with Crippen LogP contribution in [0.25, 0.3) is 6.08 Å². The lowest BCUT2D eigenvalue weighted by Gasteiger charge is -2.27. The van der Waals surface area contributed by atoms with E-state index >= 15 is 0 Å². The van der Waals surface area contributed by atoms with E-state index in [-0.39, 0.29) is 17.4 Å². The maximum atomic E-state index is 13.4. The van der Waals surface area contributed by atoms with E-state index in [4.69, 9.17) is 4.74 Å². The second kappa shape index (κ2) is 9.46. The van der Waals surface area contributed by atoms with Gasteiger partial charge in [0, 0.05) is 0 Å². The van der Waals surface area contributed by atoms with Crippen molar-refractivity contribution < 1.29 is 14.3 Å². The number of benzene rings is 4. The molecule has 5 rings (SSSR count). The Morgan fingerprint density at radius 2 is 1.06 bits per heavy atom. The Labute approximate surface area is 198 Å². The largest absolute Gasteiger partial charge is 0.489 e. The molecule has 0 spiro atoms. The zero-order valence-electron chi connectivity index (χ0n) is 18.4. The van der Waals surface area contributed by atoms with Crippen LogP contribution >= 0.6 is 0 Å². The van der Waals surface area contributed by atoms with Gasteiger partial charge in [0.2, 0.25) is 0 Å². The lowest BCUT2D eigenvalue weighted by molar-refractivity contribution is -0.116. The molecular formula is C29H22N2O3. The van der Waals surface area contributed by atoms with Crippen molar-refractivity contribution in [2.24, 2.45) is 0 Å². The fraction of sp³-hybridized carbons (Fsp3) is 0.0345. The van der Waals surface area contributed by atoms with Crippen LogP contribution < -0.4 is 14.8 Å². The number of rotatable bonds is 6. The van der Waals surface area contributed by atoms with Gasteiger partial charge in [-0.3, -0.25) is 9.59 Å². The van der Waals surface area contributed by atoms with Gasteiger partial charge in [0.25, 0.3) is 11.8 Å². The van der Waals surface area contributed by atoms with Crippen molar-refractivity contribution in [3.63, 3.8) is 0 Å². The van der Waals surface area contributed by atoms with Crippen LogP contribution in [0.4, 0.5) is 11.4 Å². The zero-order chi connectivity index (χ0) is 23.3. The summed E-state index contributed by atoms with van der Waals surface area (Å²) in [5.74, 6) is -0.0270. The monoisotopic (exact) mass is 446 g/mol. The van der Waals surface area contributed by atoms with Gasteiger partial charge < -0.3 is 4.74 Å². The van der Waals surface area contributed by atoms with Gasteiger partial charge in [-0.2, -0.15) is 0 Å². The first kappa shape index (κ1) is 21.2. The van der Waals surface area contributed by atoms with Crippen molar-refractivity contribution in [3.8, 4) is 5.75 Å². The second-order valence-corrected chi connectivity index (χ2v) is 7.81. The normalized spacial score (nSPS) is 13.4. The molecular weight excluding hydrogens is 424 g/mol. The molecule has 0 N–H and O–H groups in total. The van der Waals surface area contributed by atoms with Crippen molar-refractivity contribution in [2.75, 3.05) is 10.0 Å². The van der Waals surface area contributed by atoms with E-state index in [2.05, 4.69) is 0 Å². The summed E-state index contributed by atoms with van der Waals surface area (Å²) in [5, 5.41) is 2.84. The van der Waals surface area contributed by atoms with Crippen molar-refractivity contribution in [2.45, 2.75) is 6.61 Å². The average Bonchev–Trinajstić information content (AvgIpc) is 3.14. The minimum atomic E-state index is -0.371. The van der Waals surface area contributed by atoms with Crippen molar-refractivity contribution >= 4 is 29.3 Å². The SMILES string of the molecule is O=C1C(=Cc2ccc(OCc3ccccc3)cc2)C(=O)N(c2ccccc2)N1c1ccccc1. The standard InChI is InChI=1S/C29H22N2O3/c32-28-27(20-22-16-18-26(19-17-22)34-21-23-10-4-1-5-11-23)29(33)31(25-14-8-3-9-15-25)30(28)24-12-6-2-7-13-24/h1-20H,21H2. The Kier molecular flexibility index (Phi) is 5.91. The Morgan fingerprint density at radius 3 is 1.56 bits per heavy atom. The Bertz CT molecular complexity index is 1260. The van der Waals surface area contributed by atoms with E-state index < -0.39 is 0 Å². The molecule has 0 aliphatic carbocycles. The number of carbonyl (C=O) groups excluding carboxylic acids is 2. The molecule has 5 nitrogen and oxygen atoms in total. The highest BCUT2D eigenvalue weighted by Crippen LogP contribution is 2.32. The van der Waals surface area contributed by atoms with E-state index in [9.17, 15) is 9.59 Å². The fourth-order valence-electron chi connectivity index (χ4n) is 3.80. The summed E-state index contributed by atoms with van der Waals surface area (Å²) in [4.78, 5) is 26.8. The maximum absolute atomic E-state index is 13.4. The van der Waals surface area contributed by atoms with Gasteiger partial charge >= 0.3 is 0 Å². The molecule has 0 saturated carbocycles. The van der Waals surface area contributed by atoms with Gasteiger partial charge in [-0.25, -0.2) is 10.0 Å². The van der Waals surface area contributed by atoms with Crippen LogP contribution in [0.15, 0.2) is 121 Å². The molecule has 1 fully saturated rings. The minimum absolute atomic E-state index is 0.102. The number of nitrogens with zero attached hydrogens (tertiary/aromatic N) is 2. The first-order valence-electron chi connectivity index (χ1n) is 11.0. The average molecular weight is 447 g/mol. The van der Waals surface area contributed by atoms with Crippen LogP contribution in [0.1, 0.15) is 11.1 Å². The lowest BCUT2D eigenvalue weighted by atomic mass is 10.1. The van der Waals surface area contributed by atoms with Crippen LogP contribution in [0, 0.1) is 0 Å². The number of ether oxygens (including phenoxy) is 1. The number of hydrazine groups is 1. The summed E-state index contributed by atoms with van der Waals surface area (Å²) in [7, 11) is 0. The van der Waals surface area contributed by atoms with Crippen molar-refractivity contribution in [1.82, 2.24) is 0 Å². The summed E-state index contributed by atoms with van der Waals surface area (Å²) in [5.41, 5.74) is 3.17. The highest BCUT2D eigenvalue weighted by atomic mass is 16.5. The molecule has 34 heavy (non-hydrogen) atoms. The molecule has 5 heteroatoms. The van der Waals surface area contributed by atoms with Gasteiger partial charge in [-0.1, -0.05) is 78.9 Å². The molecule has 166 valence electrons. The summed E-state index contributed by atoms with van der Waals surface area (Å²) in [6.45, 7) is 0.469. The van der Waals surface area contributed by atoms with Gasteiger partial charge in [0.15, 0.2) is 0 Å². The molecule has 4 aromatic carbocycles. The molecule has 0 unspecified atom stereocenters. The quantitative estimate of drug-likeness (QED) is 0.284. The van der Waals surface area contributed by atoms with Crippen LogP contribution in [-0.4, -0.2) is 11.8 Å². The third kappa shape index (κ3) is 4.32. The molecule has 1 heterocycles. The van der Waals surface area contributed by atoms with E-state index in [1.807, 2.05) is 115 Å². The van der Waals surface area contributed by atoms with Gasteiger partial charge in [-0.05, 0) is 53.6 Å². The van der Waals surface area contributed by atoms with Crippen LogP contribution in [0.2, 0.25) is 0 Å². The number of amides is 2. The van der Waals surface area contributed by atoms with Crippen LogP contribution in [0.3, 0.4) is 0 Å². The molecule has 0 radical (unpaired) electrons. The Hall–Kier alpha value is -4.64. The first-order chi connectivity index (χ1) is 16.7. The van der Waals surface area contributed by atoms with Crippen molar-refractivity contribution in [1.29, 1.82) is 0 Å². The highest BCUT2D eigenvalue weighted by Gasteiger charge is 2.42. The third-order valence-corrected chi connectivity index (χ3v) is 5.49. The first-order valence-corrected chi connectivity index (χ1v) is 11.0. The predicted octanol–water partition coefficient (Wildman–Crippen LogP) is 5.64. The van der Waals surface area contributed by atoms with E-state index in [1.165, 1.54) is 10.0 Å². The molecule has 0 aromatic heterocycles. The summed E-state index contributed by atoms with van der Waals surface area (Å²) in [6, 6.07) is 35.6. The molecule has 1 aliphatic heterocycles. The molecule has 2 amide bonds. The van der Waals surface area contributed by atoms with Gasteiger partial charge in [0.05, 0.1) is 11.4 Å². The van der Waals surface area contributed by atoms with E-state index in [0.29, 0.717) is 23.7 Å². The number of para-hydroxylation sites is 2. The summed E-state index contributed by atoms with van der Waals surface area (Å²) in [6.07, 6.45) is 1.63. The molecule has 0 bridgehead atoms. The number of anilines is 2. The molecule has 1 saturated heterocycles. The highest BCUT2D eigenvalue weighted by molar-refractivity contribution is 6.38. The van der Waals surface area contributed by atoms with E-state index in [0.717, 1.165) is 11.1 Å². The third-order valence-electron chi connectivity index (χ3n) is 5.49. The number of hydrogen-bond donors (Lipinski definition) is 0. The molecule has 0 atom stereocenters. The van der Waals surface area contributed by atoms with Gasteiger partial charge in [0.1, 0.15) is 17.9 Å². The Morgan fingerprint density at radius 1 is 0.588 bits per heavy atom. The van der Waals surface area contributed by atoms with Crippen LogP contribution in [0.5, 0.6) is 5.75 Å². The molecule has 1 aliphatic rings. The van der Waals surface area contributed by atoms with Gasteiger partial charge in [-0.15, -0.1) is 0 Å². The number of carbonyl (C=O) groups is 2. The lowest BCUT2D eigenvalue weighted by Crippen LogP contribution is -2.41. The maximum Gasteiger partial charge on any atom is 0.283 e.